The van der Waals surface area contributed by atoms with Crippen LogP contribution in [0.4, 0.5) is 11.4 Å². The number of amides is 1. The molecule has 0 fully saturated rings. The summed E-state index contributed by atoms with van der Waals surface area (Å²) in [7, 11) is -3.95. The Morgan fingerprint density at radius 1 is 0.903 bits per heavy atom. The van der Waals surface area contributed by atoms with Gasteiger partial charge in [0.25, 0.3) is 10.0 Å². The molecule has 3 aromatic rings. The number of hydrogen-bond acceptors (Lipinski definition) is 4. The molecule has 3 rings (SSSR count). The maximum atomic E-state index is 13.3. The maximum absolute atomic E-state index is 13.3. The lowest BCUT2D eigenvalue weighted by Gasteiger charge is -2.24. The number of hydrogen-bond donors (Lipinski definition) is 1. The highest BCUT2D eigenvalue weighted by atomic mass is 32.2. The molecule has 0 aliphatic heterocycles. The van der Waals surface area contributed by atoms with Crippen LogP contribution in [0, 0.1) is 0 Å². The molecule has 31 heavy (non-hydrogen) atoms. The second kappa shape index (κ2) is 10.1. The molecule has 0 spiro atoms. The van der Waals surface area contributed by atoms with Gasteiger partial charge < -0.3 is 10.1 Å². The lowest BCUT2D eigenvalue weighted by Crippen LogP contribution is -2.38. The predicted molar refractivity (Wildman–Crippen MR) is 123 cm³/mol. The van der Waals surface area contributed by atoms with E-state index in [4.69, 9.17) is 4.74 Å². The first-order chi connectivity index (χ1) is 14.9. The molecule has 0 unspecified atom stereocenters. The van der Waals surface area contributed by atoms with E-state index < -0.39 is 15.9 Å². The fraction of sp³-hybridized carbons (Fsp3) is 0.208. The van der Waals surface area contributed by atoms with Gasteiger partial charge in [-0.2, -0.15) is 0 Å². The summed E-state index contributed by atoms with van der Waals surface area (Å²) in [6.45, 7) is 4.07. The first kappa shape index (κ1) is 22.4. The molecule has 1 amide bonds. The highest BCUT2D eigenvalue weighted by Crippen LogP contribution is 2.26. The van der Waals surface area contributed by atoms with Gasteiger partial charge in [-0.3, -0.25) is 9.10 Å². The summed E-state index contributed by atoms with van der Waals surface area (Å²) in [6.07, 6.45) is 0.898. The van der Waals surface area contributed by atoms with Gasteiger partial charge in [-0.25, -0.2) is 8.42 Å². The Labute approximate surface area is 183 Å². The summed E-state index contributed by atoms with van der Waals surface area (Å²) in [5.74, 6) is 0.196. The van der Waals surface area contributed by atoms with E-state index in [9.17, 15) is 13.2 Å². The van der Waals surface area contributed by atoms with Crippen molar-refractivity contribution in [3.8, 4) is 5.75 Å². The van der Waals surface area contributed by atoms with Gasteiger partial charge in [0.15, 0.2) is 0 Å². The SMILES string of the molecule is CCOc1ccc(N(CC(=O)Nc2ccc(CC)cc2)S(=O)(=O)c2ccccc2)cc1. The van der Waals surface area contributed by atoms with E-state index in [1.165, 1.54) is 12.1 Å². The molecule has 6 nitrogen and oxygen atoms in total. The van der Waals surface area contributed by atoms with Gasteiger partial charge in [0.05, 0.1) is 17.2 Å². The molecular formula is C24H26N2O4S. The lowest BCUT2D eigenvalue weighted by atomic mass is 10.1. The monoisotopic (exact) mass is 438 g/mol. The number of aryl methyl sites for hydroxylation is 1. The zero-order chi connectivity index (χ0) is 22.3. The summed E-state index contributed by atoms with van der Waals surface area (Å²) < 4.78 is 33.2. The molecule has 0 aliphatic rings. The van der Waals surface area contributed by atoms with Gasteiger partial charge in [0.1, 0.15) is 12.3 Å². The minimum atomic E-state index is -3.95. The second-order valence-electron chi connectivity index (χ2n) is 6.85. The van der Waals surface area contributed by atoms with Crippen LogP contribution in [0.25, 0.3) is 0 Å². The van der Waals surface area contributed by atoms with Gasteiger partial charge in [-0.05, 0) is 67.4 Å². The van der Waals surface area contributed by atoms with Crippen molar-refractivity contribution in [3.63, 3.8) is 0 Å². The van der Waals surface area contributed by atoms with E-state index in [0.717, 1.165) is 16.3 Å². The molecule has 3 aromatic carbocycles. The number of ether oxygens (including phenoxy) is 1. The van der Waals surface area contributed by atoms with Crippen LogP contribution in [0.1, 0.15) is 19.4 Å². The lowest BCUT2D eigenvalue weighted by molar-refractivity contribution is -0.114. The van der Waals surface area contributed by atoms with Gasteiger partial charge in [-0.1, -0.05) is 37.3 Å². The molecular weight excluding hydrogens is 412 g/mol. The third-order valence-electron chi connectivity index (χ3n) is 4.70. The minimum absolute atomic E-state index is 0.115. The maximum Gasteiger partial charge on any atom is 0.264 e. The Morgan fingerprint density at radius 2 is 1.55 bits per heavy atom. The predicted octanol–water partition coefficient (Wildman–Crippen LogP) is 4.48. The summed E-state index contributed by atoms with van der Waals surface area (Å²) in [6, 6.07) is 22.2. The van der Waals surface area contributed by atoms with E-state index in [2.05, 4.69) is 12.2 Å². The smallest absolute Gasteiger partial charge is 0.264 e. The zero-order valence-electron chi connectivity index (χ0n) is 17.6. The standard InChI is InChI=1S/C24H26N2O4S/c1-3-19-10-12-20(13-11-19)25-24(27)18-26(21-14-16-22(17-15-21)30-4-2)31(28,29)23-8-6-5-7-9-23/h5-17H,3-4,18H2,1-2H3,(H,25,27). The largest absolute Gasteiger partial charge is 0.494 e. The molecule has 0 saturated carbocycles. The Hall–Kier alpha value is -3.32. The zero-order valence-corrected chi connectivity index (χ0v) is 18.4. The van der Waals surface area contributed by atoms with Crippen LogP contribution in [0.2, 0.25) is 0 Å². The third-order valence-corrected chi connectivity index (χ3v) is 6.49. The van der Waals surface area contributed by atoms with Crippen molar-refractivity contribution in [2.24, 2.45) is 0 Å². The molecule has 162 valence electrons. The summed E-state index contributed by atoms with van der Waals surface area (Å²) in [5.41, 5.74) is 2.15. The summed E-state index contributed by atoms with van der Waals surface area (Å²) in [5, 5.41) is 2.78. The number of anilines is 2. The van der Waals surface area contributed by atoms with Crippen LogP contribution >= 0.6 is 0 Å². The number of carbonyl (C=O) groups excluding carboxylic acids is 1. The number of carbonyl (C=O) groups is 1. The van der Waals surface area contributed by atoms with Crippen LogP contribution < -0.4 is 14.4 Å². The van der Waals surface area contributed by atoms with Crippen LogP contribution in [0.15, 0.2) is 83.8 Å². The number of nitrogens with one attached hydrogen (secondary N) is 1. The van der Waals surface area contributed by atoms with Crippen LogP contribution in [-0.4, -0.2) is 27.5 Å². The molecule has 0 heterocycles. The second-order valence-corrected chi connectivity index (χ2v) is 8.71. The van der Waals surface area contributed by atoms with Gasteiger partial charge >= 0.3 is 0 Å². The van der Waals surface area contributed by atoms with E-state index in [-0.39, 0.29) is 11.4 Å². The van der Waals surface area contributed by atoms with Crippen LogP contribution in [0.5, 0.6) is 5.75 Å². The molecule has 0 saturated heterocycles. The highest BCUT2D eigenvalue weighted by Gasteiger charge is 2.27. The Kier molecular flexibility index (Phi) is 7.31. The van der Waals surface area contributed by atoms with Crippen molar-refractivity contribution in [2.45, 2.75) is 25.2 Å². The van der Waals surface area contributed by atoms with Gasteiger partial charge in [0.2, 0.25) is 5.91 Å². The third kappa shape index (κ3) is 5.64. The normalized spacial score (nSPS) is 11.0. The fourth-order valence-corrected chi connectivity index (χ4v) is 4.51. The quantitative estimate of drug-likeness (QED) is 0.534. The van der Waals surface area contributed by atoms with E-state index >= 15 is 0 Å². The topological polar surface area (TPSA) is 75.7 Å². The molecule has 0 bridgehead atoms. The molecule has 0 aliphatic carbocycles. The van der Waals surface area contributed by atoms with Crippen molar-refractivity contribution in [3.05, 3.63) is 84.4 Å². The Balaban J connectivity index is 1.88. The average Bonchev–Trinajstić information content (AvgIpc) is 2.79. The Morgan fingerprint density at radius 3 is 2.13 bits per heavy atom. The first-order valence-electron chi connectivity index (χ1n) is 10.1. The molecule has 7 heteroatoms. The van der Waals surface area contributed by atoms with Crippen molar-refractivity contribution in [1.29, 1.82) is 0 Å². The number of sulfonamides is 1. The first-order valence-corrected chi connectivity index (χ1v) is 11.6. The van der Waals surface area contributed by atoms with Crippen molar-refractivity contribution in [1.82, 2.24) is 0 Å². The number of benzene rings is 3. The number of rotatable bonds is 9. The highest BCUT2D eigenvalue weighted by molar-refractivity contribution is 7.92. The van der Waals surface area contributed by atoms with Gasteiger partial charge in [-0.15, -0.1) is 0 Å². The molecule has 0 radical (unpaired) electrons. The number of nitrogens with zero attached hydrogens (tertiary/aromatic N) is 1. The van der Waals surface area contributed by atoms with Crippen molar-refractivity contribution >= 4 is 27.3 Å². The van der Waals surface area contributed by atoms with Crippen LogP contribution in [0.3, 0.4) is 0 Å². The molecule has 1 N–H and O–H groups in total. The summed E-state index contributed by atoms with van der Waals surface area (Å²) >= 11 is 0. The fourth-order valence-electron chi connectivity index (χ4n) is 3.06. The van der Waals surface area contributed by atoms with Gasteiger partial charge in [0, 0.05) is 5.69 Å². The minimum Gasteiger partial charge on any atom is -0.494 e. The Bertz CT molecular complexity index is 1100. The molecule has 0 aromatic heterocycles. The summed E-state index contributed by atoms with van der Waals surface area (Å²) in [4.78, 5) is 12.9. The van der Waals surface area contributed by atoms with Crippen LogP contribution in [-0.2, 0) is 21.2 Å². The molecule has 0 atom stereocenters. The average molecular weight is 439 g/mol. The van der Waals surface area contributed by atoms with E-state index in [1.54, 1.807) is 42.5 Å². The van der Waals surface area contributed by atoms with Crippen molar-refractivity contribution < 1.29 is 17.9 Å². The van der Waals surface area contributed by atoms with Crippen molar-refractivity contribution in [2.75, 3.05) is 22.8 Å². The van der Waals surface area contributed by atoms with E-state index in [0.29, 0.717) is 23.7 Å². The van der Waals surface area contributed by atoms with E-state index in [1.807, 2.05) is 31.2 Å².